The summed E-state index contributed by atoms with van der Waals surface area (Å²) in [7, 11) is -3.48. The van der Waals surface area contributed by atoms with Gasteiger partial charge in [-0.25, -0.2) is 4.57 Å². The van der Waals surface area contributed by atoms with Gasteiger partial charge in [-0.3, -0.25) is 18.4 Å². The largest absolute Gasteiger partial charge is 0.478 e. The number of phosphoric ester groups is 1. The molecule has 0 radical (unpaired) electrons. The van der Waals surface area contributed by atoms with Crippen LogP contribution in [-0.4, -0.2) is 87.7 Å². The highest BCUT2D eigenvalue weighted by atomic mass is 31.2. The third-order valence-electron chi connectivity index (χ3n) is 12.4. The minimum absolute atomic E-state index is 0.00769. The van der Waals surface area contributed by atoms with Gasteiger partial charge in [0.25, 0.3) is 0 Å². The fourth-order valence-corrected chi connectivity index (χ4v) is 10.3. The molecule has 2 unspecified atom stereocenters. The van der Waals surface area contributed by atoms with Crippen LogP contribution in [0.3, 0.4) is 0 Å². The topological polar surface area (TPSA) is 154 Å². The third-order valence-corrected chi connectivity index (χ3v) is 13.9. The minimum atomic E-state index is -4.96. The molecule has 3 heterocycles. The van der Waals surface area contributed by atoms with Crippen molar-refractivity contribution in [1.82, 2.24) is 0 Å². The summed E-state index contributed by atoms with van der Waals surface area (Å²) in [5, 5.41) is 0. The van der Waals surface area contributed by atoms with E-state index in [4.69, 9.17) is 60.9 Å². The molecule has 3 saturated heterocycles. The standard InChI is InChI=1S/C57H61O15P/c1-40(58)67-51-50-48(39-65-55(70-50)46-31-19-8-20-32-46)69-57(53(51)63-35-43-25-13-5-14-26-43)72-73(59,66-37-45-29-17-7-18-30-45)71-52-49(62-34-42-23-11-4-12-24-42)47(38-61-33-41-21-9-3-10-22-41)68-56(60-2)54(52)64-36-44-27-15-6-16-28-44/h3-32,47-57H,33-39H2,1-2H3/t47-,48-,49-,50-,51+,52+,53+,54+,55?,56+,57-,73?/m1/s1. The number of benzene rings is 6. The predicted octanol–water partition coefficient (Wildman–Crippen LogP) is 9.83. The van der Waals surface area contributed by atoms with E-state index in [-0.39, 0.29) is 46.2 Å². The molecule has 0 amide bonds. The lowest BCUT2D eigenvalue weighted by molar-refractivity contribution is -0.358. The summed E-state index contributed by atoms with van der Waals surface area (Å²) >= 11 is 0. The Labute approximate surface area is 426 Å². The van der Waals surface area contributed by atoms with E-state index in [9.17, 15) is 4.79 Å². The number of ether oxygens (including phenoxy) is 10. The number of methoxy groups -OCH3 is 1. The van der Waals surface area contributed by atoms with E-state index >= 15 is 4.57 Å². The van der Waals surface area contributed by atoms with Crippen LogP contribution in [0.5, 0.6) is 0 Å². The van der Waals surface area contributed by atoms with Crippen molar-refractivity contribution < 1.29 is 70.3 Å². The molecule has 3 aliphatic rings. The molecule has 12 atom stereocenters. The summed E-state index contributed by atoms with van der Waals surface area (Å²) in [6.45, 7) is 1.52. The fraction of sp³-hybridized carbons (Fsp3) is 0.351. The molecule has 0 N–H and O–H groups in total. The number of fused-ring (bicyclic) bond motifs is 1. The minimum Gasteiger partial charge on any atom is -0.457 e. The Morgan fingerprint density at radius 2 is 0.986 bits per heavy atom. The number of phosphoric acid groups is 1. The summed E-state index contributed by atoms with van der Waals surface area (Å²) in [5.41, 5.74) is 4.85. The number of hydrogen-bond acceptors (Lipinski definition) is 15. The van der Waals surface area contributed by atoms with Gasteiger partial charge in [-0.1, -0.05) is 182 Å². The first kappa shape index (κ1) is 52.4. The Balaban J connectivity index is 1.09. The normalized spacial score (nSPS) is 26.8. The molecule has 0 aromatic heterocycles. The van der Waals surface area contributed by atoms with Gasteiger partial charge in [-0.2, -0.15) is 0 Å². The van der Waals surface area contributed by atoms with Crippen molar-refractivity contribution in [3.05, 3.63) is 215 Å². The van der Waals surface area contributed by atoms with Gasteiger partial charge < -0.3 is 47.4 Å². The molecule has 73 heavy (non-hydrogen) atoms. The number of carbonyl (C=O) groups excluding carboxylic acids is 1. The molecule has 384 valence electrons. The number of hydrogen-bond donors (Lipinski definition) is 0. The lowest BCUT2D eigenvalue weighted by Crippen LogP contribution is -2.64. The summed E-state index contributed by atoms with van der Waals surface area (Å²) in [4.78, 5) is 13.1. The third kappa shape index (κ3) is 14.4. The molecule has 3 fully saturated rings. The van der Waals surface area contributed by atoms with Crippen molar-refractivity contribution in [2.75, 3.05) is 20.3 Å². The second-order valence-corrected chi connectivity index (χ2v) is 19.3. The maximum Gasteiger partial charge on any atom is 0.478 e. The van der Waals surface area contributed by atoms with E-state index in [1.54, 1.807) is 0 Å². The molecule has 0 saturated carbocycles. The maximum atomic E-state index is 16.2. The zero-order valence-corrected chi connectivity index (χ0v) is 41.6. The number of carbonyl (C=O) groups is 1. The Morgan fingerprint density at radius 1 is 0.521 bits per heavy atom. The number of esters is 1. The van der Waals surface area contributed by atoms with Crippen LogP contribution in [0.15, 0.2) is 182 Å². The van der Waals surface area contributed by atoms with Gasteiger partial charge >= 0.3 is 13.8 Å². The summed E-state index contributed by atoms with van der Waals surface area (Å²) in [6.07, 6.45) is -12.1. The average Bonchev–Trinajstić information content (AvgIpc) is 3.43. The quantitative estimate of drug-likeness (QED) is 0.0442. The fourth-order valence-electron chi connectivity index (χ4n) is 8.87. The lowest BCUT2D eigenvalue weighted by Gasteiger charge is -2.49. The van der Waals surface area contributed by atoms with Crippen molar-refractivity contribution in [2.24, 2.45) is 0 Å². The Morgan fingerprint density at radius 3 is 1.49 bits per heavy atom. The van der Waals surface area contributed by atoms with Crippen LogP contribution in [0, 0.1) is 0 Å². The van der Waals surface area contributed by atoms with Gasteiger partial charge in [0.1, 0.15) is 42.7 Å². The van der Waals surface area contributed by atoms with Crippen LogP contribution >= 0.6 is 7.82 Å². The molecule has 0 bridgehead atoms. The van der Waals surface area contributed by atoms with E-state index < -0.39 is 81.5 Å². The Hall–Kier alpha value is -5.46. The SMILES string of the molecule is CO[C@H]1O[C@H](COCc2ccccc2)[C@@H](OCc2ccccc2)[C@H](OP(=O)(OCc2ccccc2)O[C@H]2O[C@@H]3COC(c4ccccc4)O[C@H]3[C@H](OC(C)=O)[C@@H]2OCc2ccccc2)[C@@H]1OCc1ccccc1. The van der Waals surface area contributed by atoms with Gasteiger partial charge in [0.2, 0.25) is 0 Å². The van der Waals surface area contributed by atoms with Crippen LogP contribution in [0.25, 0.3) is 0 Å². The van der Waals surface area contributed by atoms with Crippen LogP contribution in [0.1, 0.15) is 46.6 Å². The molecule has 6 aromatic carbocycles. The van der Waals surface area contributed by atoms with E-state index in [1.165, 1.54) is 14.0 Å². The van der Waals surface area contributed by atoms with E-state index in [2.05, 4.69) is 0 Å². The van der Waals surface area contributed by atoms with Gasteiger partial charge in [0.15, 0.2) is 25.0 Å². The smallest absolute Gasteiger partial charge is 0.457 e. The summed E-state index contributed by atoms with van der Waals surface area (Å²) < 4.78 is 101. The second kappa shape index (κ2) is 26.2. The zero-order chi connectivity index (χ0) is 50.2. The van der Waals surface area contributed by atoms with Gasteiger partial charge in [0, 0.05) is 19.6 Å². The van der Waals surface area contributed by atoms with Crippen LogP contribution in [0.2, 0.25) is 0 Å². The second-order valence-electron chi connectivity index (χ2n) is 17.7. The highest BCUT2D eigenvalue weighted by Gasteiger charge is 2.57. The summed E-state index contributed by atoms with van der Waals surface area (Å²) in [6, 6.07) is 56.9. The Kier molecular flexibility index (Phi) is 18.8. The van der Waals surface area contributed by atoms with Crippen LogP contribution < -0.4 is 0 Å². The van der Waals surface area contributed by atoms with Crippen LogP contribution in [-0.2, 0) is 103 Å². The first-order valence-electron chi connectivity index (χ1n) is 24.4. The van der Waals surface area contributed by atoms with Crippen LogP contribution in [0.4, 0.5) is 0 Å². The molecular formula is C57H61O15P. The molecule has 15 nitrogen and oxygen atoms in total. The van der Waals surface area contributed by atoms with Crippen molar-refractivity contribution in [3.63, 3.8) is 0 Å². The average molecular weight is 1020 g/mol. The van der Waals surface area contributed by atoms with Crippen molar-refractivity contribution in [1.29, 1.82) is 0 Å². The molecule has 0 spiro atoms. The van der Waals surface area contributed by atoms with Crippen molar-refractivity contribution >= 4 is 13.8 Å². The number of rotatable bonds is 23. The summed E-state index contributed by atoms with van der Waals surface area (Å²) in [5.74, 6) is -0.617. The molecule has 16 heteroatoms. The monoisotopic (exact) mass is 1020 g/mol. The molecule has 3 aliphatic heterocycles. The lowest BCUT2D eigenvalue weighted by atomic mass is 9.97. The maximum absolute atomic E-state index is 16.2. The molecule has 0 aliphatic carbocycles. The van der Waals surface area contributed by atoms with E-state index in [1.807, 2.05) is 182 Å². The van der Waals surface area contributed by atoms with Crippen molar-refractivity contribution in [2.45, 2.75) is 108 Å². The highest BCUT2D eigenvalue weighted by molar-refractivity contribution is 7.48. The van der Waals surface area contributed by atoms with Gasteiger partial charge in [-0.05, 0) is 27.8 Å². The first-order valence-corrected chi connectivity index (χ1v) is 25.8. The first-order chi connectivity index (χ1) is 35.8. The molecule has 9 rings (SSSR count). The van der Waals surface area contributed by atoms with E-state index in [0.29, 0.717) is 5.56 Å². The van der Waals surface area contributed by atoms with E-state index in [0.717, 1.165) is 27.8 Å². The van der Waals surface area contributed by atoms with Gasteiger partial charge in [-0.15, -0.1) is 0 Å². The molecular weight excluding hydrogens is 956 g/mol. The highest BCUT2D eigenvalue weighted by Crippen LogP contribution is 2.56. The van der Waals surface area contributed by atoms with Crippen molar-refractivity contribution in [3.8, 4) is 0 Å². The van der Waals surface area contributed by atoms with Gasteiger partial charge in [0.05, 0.1) is 46.2 Å². The predicted molar refractivity (Wildman–Crippen MR) is 266 cm³/mol. The zero-order valence-electron chi connectivity index (χ0n) is 40.7. The Bertz CT molecular complexity index is 2600. The molecule has 6 aromatic rings.